The van der Waals surface area contributed by atoms with Crippen molar-refractivity contribution in [3.8, 4) is 5.75 Å². The fourth-order valence-corrected chi connectivity index (χ4v) is 2.42. The van der Waals surface area contributed by atoms with Crippen molar-refractivity contribution in [2.75, 3.05) is 26.2 Å². The smallest absolute Gasteiger partial charge is 0.256 e. The Balaban J connectivity index is 2.12. The van der Waals surface area contributed by atoms with Gasteiger partial charge in [0.2, 0.25) is 0 Å². The monoisotopic (exact) mass is 282 g/mol. The van der Waals surface area contributed by atoms with E-state index in [1.165, 1.54) is 17.0 Å². The molecule has 1 atom stereocenters. The predicted octanol–water partition coefficient (Wildman–Crippen LogP) is 0.718. The van der Waals surface area contributed by atoms with E-state index in [0.717, 1.165) is 25.5 Å². The Morgan fingerprint density at radius 1 is 1.50 bits per heavy atom. The van der Waals surface area contributed by atoms with E-state index < -0.39 is 11.7 Å². The molecule has 1 unspecified atom stereocenters. The summed E-state index contributed by atoms with van der Waals surface area (Å²) in [7, 11) is 0. The largest absolute Gasteiger partial charge is 0.508 e. The van der Waals surface area contributed by atoms with Gasteiger partial charge in [-0.25, -0.2) is 4.39 Å². The first kappa shape index (κ1) is 14.7. The van der Waals surface area contributed by atoms with Gasteiger partial charge in [-0.3, -0.25) is 4.79 Å². The number of phenols is 1. The van der Waals surface area contributed by atoms with Gasteiger partial charge in [-0.15, -0.1) is 0 Å². The molecule has 20 heavy (non-hydrogen) atoms. The molecule has 0 spiro atoms. The average Bonchev–Trinajstić information content (AvgIpc) is 2.90. The van der Waals surface area contributed by atoms with Gasteiger partial charge in [0.25, 0.3) is 5.91 Å². The number of nitrogens with zero attached hydrogens (tertiary/aromatic N) is 1. The SMILES string of the molecule is O=C(c1ccc(O)cc1F)N(CCO)CC1CCCN1. The number of aliphatic hydroxyl groups is 1. The zero-order chi connectivity index (χ0) is 14.5. The number of rotatable bonds is 5. The van der Waals surface area contributed by atoms with Crippen molar-refractivity contribution in [2.24, 2.45) is 0 Å². The molecule has 1 heterocycles. The number of aliphatic hydroxyl groups excluding tert-OH is 1. The van der Waals surface area contributed by atoms with Crippen LogP contribution in [-0.4, -0.2) is 53.3 Å². The molecule has 1 aromatic carbocycles. The highest BCUT2D eigenvalue weighted by atomic mass is 19.1. The molecule has 0 bridgehead atoms. The van der Waals surface area contributed by atoms with Gasteiger partial charge in [0.15, 0.2) is 0 Å². The average molecular weight is 282 g/mol. The third-order valence-electron chi connectivity index (χ3n) is 3.44. The molecule has 5 nitrogen and oxygen atoms in total. The van der Waals surface area contributed by atoms with Crippen LogP contribution < -0.4 is 5.32 Å². The number of carbonyl (C=O) groups excluding carboxylic acids is 1. The summed E-state index contributed by atoms with van der Waals surface area (Å²) >= 11 is 0. The number of hydrogen-bond acceptors (Lipinski definition) is 4. The third-order valence-corrected chi connectivity index (χ3v) is 3.44. The molecule has 1 aromatic rings. The molecular formula is C14H19FN2O3. The highest BCUT2D eigenvalue weighted by Gasteiger charge is 2.24. The Kier molecular flexibility index (Phi) is 4.92. The van der Waals surface area contributed by atoms with E-state index >= 15 is 0 Å². The van der Waals surface area contributed by atoms with Gasteiger partial charge < -0.3 is 20.4 Å². The summed E-state index contributed by atoms with van der Waals surface area (Å²) in [5.74, 6) is -1.44. The zero-order valence-corrected chi connectivity index (χ0v) is 11.2. The van der Waals surface area contributed by atoms with Crippen molar-refractivity contribution >= 4 is 5.91 Å². The van der Waals surface area contributed by atoms with Crippen molar-refractivity contribution in [2.45, 2.75) is 18.9 Å². The standard InChI is InChI=1S/C14H19FN2O3/c15-13-8-11(19)3-4-12(13)14(20)17(6-7-18)9-10-2-1-5-16-10/h3-4,8,10,16,18-19H,1-2,5-7,9H2. The molecule has 1 fully saturated rings. The van der Waals surface area contributed by atoms with Gasteiger partial charge in [-0.05, 0) is 31.5 Å². The Morgan fingerprint density at radius 3 is 2.90 bits per heavy atom. The summed E-state index contributed by atoms with van der Waals surface area (Å²) in [6.07, 6.45) is 2.02. The lowest BCUT2D eigenvalue weighted by Gasteiger charge is -2.25. The van der Waals surface area contributed by atoms with Gasteiger partial charge in [-0.2, -0.15) is 0 Å². The summed E-state index contributed by atoms with van der Waals surface area (Å²) in [4.78, 5) is 13.8. The molecule has 1 amide bonds. The fourth-order valence-electron chi connectivity index (χ4n) is 2.42. The normalized spacial score (nSPS) is 18.2. The van der Waals surface area contributed by atoms with E-state index in [4.69, 9.17) is 5.11 Å². The molecule has 0 saturated carbocycles. The number of carbonyl (C=O) groups is 1. The second-order valence-electron chi connectivity index (χ2n) is 4.93. The lowest BCUT2D eigenvalue weighted by atomic mass is 10.1. The zero-order valence-electron chi connectivity index (χ0n) is 11.2. The summed E-state index contributed by atoms with van der Waals surface area (Å²) in [6.45, 7) is 1.36. The predicted molar refractivity (Wildman–Crippen MR) is 72.1 cm³/mol. The van der Waals surface area contributed by atoms with Crippen LogP contribution in [0.15, 0.2) is 18.2 Å². The van der Waals surface area contributed by atoms with Crippen molar-refractivity contribution in [1.29, 1.82) is 0 Å². The first-order valence-corrected chi connectivity index (χ1v) is 6.74. The number of benzene rings is 1. The Labute approximate surface area is 117 Å². The van der Waals surface area contributed by atoms with Gasteiger partial charge in [0, 0.05) is 25.2 Å². The first-order valence-electron chi connectivity index (χ1n) is 6.74. The van der Waals surface area contributed by atoms with Gasteiger partial charge in [0.05, 0.1) is 12.2 Å². The van der Waals surface area contributed by atoms with Gasteiger partial charge >= 0.3 is 0 Å². The van der Waals surface area contributed by atoms with E-state index in [9.17, 15) is 14.3 Å². The topological polar surface area (TPSA) is 72.8 Å². The van der Waals surface area contributed by atoms with Crippen LogP contribution in [0.2, 0.25) is 0 Å². The summed E-state index contributed by atoms with van der Waals surface area (Å²) in [6, 6.07) is 3.64. The maximum absolute atomic E-state index is 13.7. The van der Waals surface area contributed by atoms with Gasteiger partial charge in [-0.1, -0.05) is 0 Å². The minimum absolute atomic E-state index is 0.0887. The van der Waals surface area contributed by atoms with Crippen molar-refractivity contribution in [1.82, 2.24) is 10.2 Å². The van der Waals surface area contributed by atoms with E-state index in [2.05, 4.69) is 5.32 Å². The molecule has 1 aliphatic rings. The van der Waals surface area contributed by atoms with Crippen LogP contribution in [-0.2, 0) is 0 Å². The first-order chi connectivity index (χ1) is 9.61. The molecule has 6 heteroatoms. The van der Waals surface area contributed by atoms with Crippen LogP contribution >= 0.6 is 0 Å². The molecule has 0 aliphatic carbocycles. The van der Waals surface area contributed by atoms with Crippen molar-refractivity contribution in [3.05, 3.63) is 29.6 Å². The number of halogens is 1. The lowest BCUT2D eigenvalue weighted by Crippen LogP contribution is -2.42. The van der Waals surface area contributed by atoms with E-state index in [-0.39, 0.29) is 30.5 Å². The minimum atomic E-state index is -0.752. The van der Waals surface area contributed by atoms with Crippen LogP contribution in [0.3, 0.4) is 0 Å². The summed E-state index contributed by atoms with van der Waals surface area (Å²) in [5, 5.41) is 21.5. The second-order valence-corrected chi connectivity index (χ2v) is 4.93. The van der Waals surface area contributed by atoms with E-state index in [1.807, 2.05) is 0 Å². The quantitative estimate of drug-likeness (QED) is 0.744. The number of hydrogen-bond donors (Lipinski definition) is 3. The highest BCUT2D eigenvalue weighted by Crippen LogP contribution is 2.17. The maximum atomic E-state index is 13.7. The maximum Gasteiger partial charge on any atom is 0.256 e. The number of phenolic OH excluding ortho intramolecular Hbond substituents is 1. The van der Waals surface area contributed by atoms with Crippen LogP contribution in [0.4, 0.5) is 4.39 Å². The molecule has 0 aromatic heterocycles. The molecule has 1 aliphatic heterocycles. The Hall–Kier alpha value is -1.66. The number of aromatic hydroxyl groups is 1. The molecule has 3 N–H and O–H groups in total. The third kappa shape index (κ3) is 3.46. The molecule has 0 radical (unpaired) electrons. The summed E-state index contributed by atoms with van der Waals surface area (Å²) < 4.78 is 13.7. The molecule has 110 valence electrons. The van der Waals surface area contributed by atoms with Crippen molar-refractivity contribution < 1.29 is 19.4 Å². The number of amides is 1. The minimum Gasteiger partial charge on any atom is -0.508 e. The van der Waals surface area contributed by atoms with Crippen molar-refractivity contribution in [3.63, 3.8) is 0 Å². The Bertz CT molecular complexity index is 475. The molecule has 1 saturated heterocycles. The van der Waals surface area contributed by atoms with Crippen LogP contribution in [0.25, 0.3) is 0 Å². The number of nitrogens with one attached hydrogen (secondary N) is 1. The Morgan fingerprint density at radius 2 is 2.30 bits per heavy atom. The highest BCUT2D eigenvalue weighted by molar-refractivity contribution is 5.94. The van der Waals surface area contributed by atoms with Gasteiger partial charge in [0.1, 0.15) is 11.6 Å². The van der Waals surface area contributed by atoms with Crippen LogP contribution in [0.5, 0.6) is 5.75 Å². The molecule has 2 rings (SSSR count). The fraction of sp³-hybridized carbons (Fsp3) is 0.500. The van der Waals surface area contributed by atoms with Crippen LogP contribution in [0, 0.1) is 5.82 Å². The molecular weight excluding hydrogens is 263 g/mol. The second kappa shape index (κ2) is 6.67. The summed E-state index contributed by atoms with van der Waals surface area (Å²) in [5.41, 5.74) is -0.0887. The van der Waals surface area contributed by atoms with Crippen LogP contribution in [0.1, 0.15) is 23.2 Å². The lowest BCUT2D eigenvalue weighted by molar-refractivity contribution is 0.0702. The van der Waals surface area contributed by atoms with E-state index in [0.29, 0.717) is 6.54 Å². The van der Waals surface area contributed by atoms with E-state index in [1.54, 1.807) is 0 Å².